The molecule has 0 aliphatic heterocycles. The molecule has 0 aromatic carbocycles. The van der Waals surface area contributed by atoms with Crippen LogP contribution < -0.4 is 10.6 Å². The first-order valence-electron chi connectivity index (χ1n) is 6.59. The molecule has 1 saturated carbocycles. The number of rotatable bonds is 5. The summed E-state index contributed by atoms with van der Waals surface area (Å²) < 4.78 is 0. The van der Waals surface area contributed by atoms with Crippen molar-refractivity contribution in [3.05, 3.63) is 0 Å². The number of hydrogen-bond acceptors (Lipinski definition) is 3. The van der Waals surface area contributed by atoms with E-state index in [2.05, 4.69) is 36.6 Å². The maximum Gasteiger partial charge on any atom is 0.234 e. The van der Waals surface area contributed by atoms with Crippen LogP contribution in [0.2, 0.25) is 0 Å². The van der Waals surface area contributed by atoms with Crippen molar-refractivity contribution in [3.8, 4) is 0 Å². The van der Waals surface area contributed by atoms with E-state index in [0.717, 1.165) is 12.5 Å². The van der Waals surface area contributed by atoms with E-state index in [1.165, 1.54) is 25.7 Å². The summed E-state index contributed by atoms with van der Waals surface area (Å²) in [4.78, 5) is 13.8. The zero-order valence-corrected chi connectivity index (χ0v) is 12.9. The first-order chi connectivity index (χ1) is 8.00. The Kier molecular flexibility index (Phi) is 7.83. The minimum Gasteiger partial charge on any atom is -0.353 e. The van der Waals surface area contributed by atoms with Crippen LogP contribution in [0.15, 0.2) is 0 Å². The quantitative estimate of drug-likeness (QED) is 0.795. The molecule has 1 amide bonds. The predicted octanol–water partition coefficient (Wildman–Crippen LogP) is 1.25. The first-order valence-corrected chi connectivity index (χ1v) is 6.59. The summed E-state index contributed by atoms with van der Waals surface area (Å²) in [6.45, 7) is 3.48. The summed E-state index contributed by atoms with van der Waals surface area (Å²) in [6.07, 6.45) is 4.95. The van der Waals surface area contributed by atoms with E-state index in [1.807, 2.05) is 0 Å². The highest BCUT2D eigenvalue weighted by Gasteiger charge is 2.36. The molecule has 0 radical (unpaired) electrons. The number of carbonyl (C=O) groups excluding carboxylic acids is 1. The Labute approximate surface area is 117 Å². The van der Waals surface area contributed by atoms with Crippen LogP contribution in [-0.4, -0.2) is 50.6 Å². The fraction of sp³-hybridized carbons (Fsp3) is 0.923. The summed E-state index contributed by atoms with van der Waals surface area (Å²) in [5.41, 5.74) is 0.154. The zero-order valence-electron chi connectivity index (χ0n) is 12.1. The monoisotopic (exact) mass is 277 g/mol. The summed E-state index contributed by atoms with van der Waals surface area (Å²) in [5, 5.41) is 5.93. The van der Waals surface area contributed by atoms with Crippen LogP contribution in [0.25, 0.3) is 0 Å². The number of nitrogens with one attached hydrogen (secondary N) is 2. The molecule has 2 atom stereocenters. The number of likely N-dealkylation sites (N-methyl/N-ethyl adjacent to an activating group) is 2. The second-order valence-corrected chi connectivity index (χ2v) is 5.63. The van der Waals surface area contributed by atoms with Crippen molar-refractivity contribution < 1.29 is 4.79 Å². The Morgan fingerprint density at radius 2 is 2.11 bits per heavy atom. The van der Waals surface area contributed by atoms with Crippen LogP contribution in [0.1, 0.15) is 32.6 Å². The molecule has 2 unspecified atom stereocenters. The van der Waals surface area contributed by atoms with Crippen molar-refractivity contribution in [3.63, 3.8) is 0 Å². The molecule has 0 bridgehead atoms. The third-order valence-electron chi connectivity index (χ3n) is 3.97. The Morgan fingerprint density at radius 3 is 2.61 bits per heavy atom. The highest BCUT2D eigenvalue weighted by atomic mass is 35.5. The largest absolute Gasteiger partial charge is 0.353 e. The van der Waals surface area contributed by atoms with Gasteiger partial charge in [-0.2, -0.15) is 0 Å². The van der Waals surface area contributed by atoms with Crippen molar-refractivity contribution in [1.29, 1.82) is 0 Å². The van der Waals surface area contributed by atoms with Gasteiger partial charge in [-0.3, -0.25) is 4.79 Å². The normalized spacial score (nSPS) is 27.7. The molecule has 18 heavy (non-hydrogen) atoms. The Hall–Kier alpha value is -0.320. The lowest BCUT2D eigenvalue weighted by atomic mass is 9.75. The van der Waals surface area contributed by atoms with E-state index in [0.29, 0.717) is 6.54 Å². The smallest absolute Gasteiger partial charge is 0.234 e. The Balaban J connectivity index is 0.00000289. The van der Waals surface area contributed by atoms with Gasteiger partial charge in [0.15, 0.2) is 0 Å². The lowest BCUT2D eigenvalue weighted by molar-refractivity contribution is -0.121. The summed E-state index contributed by atoms with van der Waals surface area (Å²) in [6, 6.07) is 0. The standard InChI is InChI=1S/C13H27N3O.ClH/c1-11-6-5-7-13(8-11,16(3)4)10-15-12(17)9-14-2;/h11,14H,5-10H2,1-4H3,(H,15,17);1H. The molecule has 1 aliphatic carbocycles. The fourth-order valence-electron chi connectivity index (χ4n) is 2.84. The maximum absolute atomic E-state index is 11.5. The molecule has 0 saturated heterocycles. The van der Waals surface area contributed by atoms with Gasteiger partial charge in [0.25, 0.3) is 0 Å². The van der Waals surface area contributed by atoms with Crippen molar-refractivity contribution in [1.82, 2.24) is 15.5 Å². The third-order valence-corrected chi connectivity index (χ3v) is 3.97. The van der Waals surface area contributed by atoms with Gasteiger partial charge in [0, 0.05) is 12.1 Å². The third kappa shape index (κ3) is 4.75. The molecule has 4 nitrogen and oxygen atoms in total. The van der Waals surface area contributed by atoms with Crippen molar-refractivity contribution >= 4 is 18.3 Å². The van der Waals surface area contributed by atoms with E-state index >= 15 is 0 Å². The number of halogens is 1. The van der Waals surface area contributed by atoms with Gasteiger partial charge in [-0.15, -0.1) is 12.4 Å². The van der Waals surface area contributed by atoms with Crippen LogP contribution in [0, 0.1) is 5.92 Å². The molecule has 0 aromatic heterocycles. The van der Waals surface area contributed by atoms with Gasteiger partial charge in [-0.05, 0) is 39.9 Å². The van der Waals surface area contributed by atoms with Crippen LogP contribution in [0.4, 0.5) is 0 Å². The first kappa shape index (κ1) is 17.7. The average Bonchev–Trinajstić information content (AvgIpc) is 2.27. The molecule has 0 spiro atoms. The molecule has 108 valence electrons. The SMILES string of the molecule is CNCC(=O)NCC1(N(C)C)CCCC(C)C1.Cl. The molecule has 2 N–H and O–H groups in total. The second-order valence-electron chi connectivity index (χ2n) is 5.63. The molecular weight excluding hydrogens is 250 g/mol. The number of amides is 1. The number of carbonyl (C=O) groups is 1. The molecule has 0 heterocycles. The second kappa shape index (κ2) is 7.97. The molecule has 1 fully saturated rings. The van der Waals surface area contributed by atoms with Crippen molar-refractivity contribution in [2.75, 3.05) is 34.2 Å². The van der Waals surface area contributed by atoms with Crippen LogP contribution >= 0.6 is 12.4 Å². The van der Waals surface area contributed by atoms with Crippen LogP contribution in [0.5, 0.6) is 0 Å². The molecule has 0 aromatic rings. The molecule has 1 rings (SSSR count). The minimum absolute atomic E-state index is 0. The lowest BCUT2D eigenvalue weighted by Crippen LogP contribution is -2.55. The van der Waals surface area contributed by atoms with Gasteiger partial charge < -0.3 is 15.5 Å². The zero-order chi connectivity index (χ0) is 12.9. The van der Waals surface area contributed by atoms with Crippen molar-refractivity contribution in [2.45, 2.75) is 38.1 Å². The fourth-order valence-corrected chi connectivity index (χ4v) is 2.84. The van der Waals surface area contributed by atoms with E-state index in [9.17, 15) is 4.79 Å². The molecule has 1 aliphatic rings. The van der Waals surface area contributed by atoms with E-state index in [1.54, 1.807) is 7.05 Å². The van der Waals surface area contributed by atoms with Crippen LogP contribution in [0.3, 0.4) is 0 Å². The average molecular weight is 278 g/mol. The lowest BCUT2D eigenvalue weighted by Gasteiger charge is -2.45. The minimum atomic E-state index is 0. The Bertz CT molecular complexity index is 261. The predicted molar refractivity (Wildman–Crippen MR) is 78.2 cm³/mol. The Morgan fingerprint density at radius 1 is 1.44 bits per heavy atom. The maximum atomic E-state index is 11.5. The van der Waals surface area contributed by atoms with Crippen molar-refractivity contribution in [2.24, 2.45) is 5.92 Å². The summed E-state index contributed by atoms with van der Waals surface area (Å²) in [7, 11) is 6.05. The topological polar surface area (TPSA) is 44.4 Å². The van der Waals surface area contributed by atoms with Gasteiger partial charge in [0.1, 0.15) is 0 Å². The van der Waals surface area contributed by atoms with Crippen LogP contribution in [-0.2, 0) is 4.79 Å². The van der Waals surface area contributed by atoms with Gasteiger partial charge in [-0.1, -0.05) is 19.8 Å². The van der Waals surface area contributed by atoms with Gasteiger partial charge >= 0.3 is 0 Å². The van der Waals surface area contributed by atoms with Gasteiger partial charge in [-0.25, -0.2) is 0 Å². The summed E-state index contributed by atoms with van der Waals surface area (Å²) in [5.74, 6) is 0.847. The van der Waals surface area contributed by atoms with Gasteiger partial charge in [0.05, 0.1) is 6.54 Å². The highest BCUT2D eigenvalue weighted by molar-refractivity contribution is 5.85. The van der Waals surface area contributed by atoms with E-state index in [4.69, 9.17) is 0 Å². The highest BCUT2D eigenvalue weighted by Crippen LogP contribution is 2.35. The molecular formula is C13H28ClN3O. The van der Waals surface area contributed by atoms with Gasteiger partial charge in [0.2, 0.25) is 5.91 Å². The molecule has 5 heteroatoms. The van der Waals surface area contributed by atoms with E-state index in [-0.39, 0.29) is 23.9 Å². The number of nitrogens with zero attached hydrogens (tertiary/aromatic N) is 1. The summed E-state index contributed by atoms with van der Waals surface area (Å²) >= 11 is 0. The van der Waals surface area contributed by atoms with E-state index < -0.39 is 0 Å². The number of hydrogen-bond donors (Lipinski definition) is 2.